The molecule has 0 radical (unpaired) electrons. The lowest BCUT2D eigenvalue weighted by molar-refractivity contribution is -0.124. The van der Waals surface area contributed by atoms with Crippen molar-refractivity contribution < 1.29 is 9.59 Å². The van der Waals surface area contributed by atoms with Crippen molar-refractivity contribution in [3.63, 3.8) is 0 Å². The summed E-state index contributed by atoms with van der Waals surface area (Å²) in [6.45, 7) is 2.82. The highest BCUT2D eigenvalue weighted by Gasteiger charge is 2.28. The van der Waals surface area contributed by atoms with Crippen LogP contribution < -0.4 is 10.6 Å². The molecule has 1 unspecified atom stereocenters. The molecule has 1 aliphatic heterocycles. The first-order valence-corrected chi connectivity index (χ1v) is 7.92. The maximum atomic E-state index is 12.0. The summed E-state index contributed by atoms with van der Waals surface area (Å²) in [6.07, 6.45) is 3.48. The van der Waals surface area contributed by atoms with Crippen molar-refractivity contribution in [3.8, 4) is 0 Å². The molecule has 1 atom stereocenters. The third-order valence-electron chi connectivity index (χ3n) is 3.18. The van der Waals surface area contributed by atoms with E-state index in [1.807, 2.05) is 24.3 Å². The number of carbonyl (C=O) groups excluding carboxylic acids is 2. The first kappa shape index (κ1) is 14.9. The van der Waals surface area contributed by atoms with Crippen molar-refractivity contribution in [1.82, 2.24) is 5.32 Å². The zero-order valence-electron chi connectivity index (χ0n) is 11.6. The highest BCUT2D eigenvalue weighted by atomic mass is 32.2. The first-order valence-electron chi connectivity index (χ1n) is 7.04. The van der Waals surface area contributed by atoms with E-state index in [1.54, 1.807) is 0 Å². The van der Waals surface area contributed by atoms with Crippen LogP contribution >= 0.6 is 11.8 Å². The Kier molecular flexibility index (Phi) is 5.47. The summed E-state index contributed by atoms with van der Waals surface area (Å²) in [5.41, 5.74) is 0.835. The van der Waals surface area contributed by atoms with Gasteiger partial charge in [-0.3, -0.25) is 9.59 Å². The molecule has 0 bridgehead atoms. The monoisotopic (exact) mass is 292 g/mol. The topological polar surface area (TPSA) is 58.2 Å². The molecule has 0 fully saturated rings. The Hall–Kier alpha value is -1.49. The number of hydrogen-bond acceptors (Lipinski definition) is 3. The molecule has 5 heteroatoms. The number of unbranched alkanes of at least 4 members (excludes halogenated alkanes) is 2. The molecule has 2 N–H and O–H groups in total. The van der Waals surface area contributed by atoms with Crippen molar-refractivity contribution in [2.75, 3.05) is 11.9 Å². The fourth-order valence-electron chi connectivity index (χ4n) is 2.07. The molecule has 1 aliphatic rings. The minimum atomic E-state index is -0.337. The predicted octanol–water partition coefficient (Wildman–Crippen LogP) is 2.80. The minimum Gasteiger partial charge on any atom is -0.356 e. The SMILES string of the molecule is CCCCCNC(=O)CC1Sc2ccccc2NC1=O. The van der Waals surface area contributed by atoms with Gasteiger partial charge in [-0.1, -0.05) is 31.9 Å². The van der Waals surface area contributed by atoms with E-state index >= 15 is 0 Å². The van der Waals surface area contributed by atoms with Gasteiger partial charge in [-0.25, -0.2) is 0 Å². The van der Waals surface area contributed by atoms with Gasteiger partial charge in [-0.2, -0.15) is 0 Å². The minimum absolute atomic E-state index is 0.0480. The van der Waals surface area contributed by atoms with Gasteiger partial charge in [0.15, 0.2) is 0 Å². The summed E-state index contributed by atoms with van der Waals surface area (Å²) in [6, 6.07) is 7.67. The number of benzene rings is 1. The van der Waals surface area contributed by atoms with Gasteiger partial charge in [-0.15, -0.1) is 11.8 Å². The van der Waals surface area contributed by atoms with Crippen molar-refractivity contribution in [2.45, 2.75) is 42.8 Å². The van der Waals surface area contributed by atoms with E-state index in [2.05, 4.69) is 17.6 Å². The summed E-state index contributed by atoms with van der Waals surface area (Å²) >= 11 is 1.46. The predicted molar refractivity (Wildman–Crippen MR) is 81.9 cm³/mol. The van der Waals surface area contributed by atoms with E-state index in [1.165, 1.54) is 11.8 Å². The number of thioether (sulfide) groups is 1. The highest BCUT2D eigenvalue weighted by molar-refractivity contribution is 8.01. The molecule has 0 aliphatic carbocycles. The standard InChI is InChI=1S/C15H20N2O2S/c1-2-3-6-9-16-14(18)10-13-15(19)17-11-7-4-5-8-12(11)20-13/h4-5,7-8,13H,2-3,6,9-10H2,1H3,(H,16,18)(H,17,19). The van der Waals surface area contributed by atoms with Crippen LogP contribution in [0.4, 0.5) is 5.69 Å². The van der Waals surface area contributed by atoms with Crippen LogP contribution in [0.3, 0.4) is 0 Å². The Morgan fingerprint density at radius 2 is 2.15 bits per heavy atom. The van der Waals surface area contributed by atoms with Gasteiger partial charge >= 0.3 is 0 Å². The second kappa shape index (κ2) is 7.33. The van der Waals surface area contributed by atoms with Gasteiger partial charge < -0.3 is 10.6 Å². The number of carbonyl (C=O) groups is 2. The van der Waals surface area contributed by atoms with E-state index in [-0.39, 0.29) is 23.5 Å². The lowest BCUT2D eigenvalue weighted by Crippen LogP contribution is -2.35. The molecule has 2 amide bonds. The maximum absolute atomic E-state index is 12.0. The van der Waals surface area contributed by atoms with Crippen LogP contribution in [0.1, 0.15) is 32.6 Å². The molecular formula is C15H20N2O2S. The van der Waals surface area contributed by atoms with Crippen LogP contribution in [0.2, 0.25) is 0 Å². The molecule has 0 saturated heterocycles. The summed E-state index contributed by atoms with van der Waals surface area (Å²) in [5.74, 6) is -0.134. The van der Waals surface area contributed by atoms with Crippen LogP contribution in [-0.2, 0) is 9.59 Å². The van der Waals surface area contributed by atoms with E-state index in [0.717, 1.165) is 29.8 Å². The number of fused-ring (bicyclic) bond motifs is 1. The molecule has 0 saturated carbocycles. The van der Waals surface area contributed by atoms with Crippen molar-refractivity contribution in [3.05, 3.63) is 24.3 Å². The largest absolute Gasteiger partial charge is 0.356 e. The van der Waals surface area contributed by atoms with E-state index in [9.17, 15) is 9.59 Å². The van der Waals surface area contributed by atoms with E-state index in [0.29, 0.717) is 6.54 Å². The first-order chi connectivity index (χ1) is 9.70. The number of hydrogen-bond donors (Lipinski definition) is 2. The Bertz CT molecular complexity index is 491. The lowest BCUT2D eigenvalue weighted by atomic mass is 10.2. The normalized spacial score (nSPS) is 17.2. The third-order valence-corrected chi connectivity index (χ3v) is 4.46. The average molecular weight is 292 g/mol. The summed E-state index contributed by atoms with van der Waals surface area (Å²) in [4.78, 5) is 24.8. The zero-order chi connectivity index (χ0) is 14.4. The fraction of sp³-hybridized carbons (Fsp3) is 0.467. The van der Waals surface area contributed by atoms with Gasteiger partial charge in [0.1, 0.15) is 0 Å². The van der Waals surface area contributed by atoms with Crippen molar-refractivity contribution in [1.29, 1.82) is 0 Å². The molecule has 0 aromatic heterocycles. The summed E-state index contributed by atoms with van der Waals surface area (Å²) < 4.78 is 0. The summed E-state index contributed by atoms with van der Waals surface area (Å²) in [5, 5.41) is 5.39. The van der Waals surface area contributed by atoms with Gasteiger partial charge in [0.2, 0.25) is 11.8 Å². The van der Waals surface area contributed by atoms with E-state index < -0.39 is 0 Å². The van der Waals surface area contributed by atoms with Gasteiger partial charge in [0.25, 0.3) is 0 Å². The quantitative estimate of drug-likeness (QED) is 0.793. The number of rotatable bonds is 6. The Morgan fingerprint density at radius 3 is 2.95 bits per heavy atom. The van der Waals surface area contributed by atoms with Gasteiger partial charge in [-0.05, 0) is 18.6 Å². The second-order valence-corrected chi connectivity index (χ2v) is 6.10. The molecule has 2 rings (SSSR count). The van der Waals surface area contributed by atoms with Crippen LogP contribution in [0.25, 0.3) is 0 Å². The molecule has 108 valence electrons. The molecule has 4 nitrogen and oxygen atoms in total. The Morgan fingerprint density at radius 1 is 1.35 bits per heavy atom. The summed E-state index contributed by atoms with van der Waals surface area (Å²) in [7, 11) is 0. The molecule has 20 heavy (non-hydrogen) atoms. The third kappa shape index (κ3) is 4.00. The van der Waals surface area contributed by atoms with Crippen LogP contribution in [-0.4, -0.2) is 23.6 Å². The Balaban J connectivity index is 1.84. The molecule has 1 aromatic rings. The smallest absolute Gasteiger partial charge is 0.238 e. The van der Waals surface area contributed by atoms with Crippen molar-refractivity contribution >= 4 is 29.3 Å². The molecule has 1 heterocycles. The Labute approximate surface area is 123 Å². The second-order valence-electron chi connectivity index (χ2n) is 4.85. The van der Waals surface area contributed by atoms with Crippen LogP contribution in [0.15, 0.2) is 29.2 Å². The van der Waals surface area contributed by atoms with Crippen LogP contribution in [0.5, 0.6) is 0 Å². The van der Waals surface area contributed by atoms with Crippen molar-refractivity contribution in [2.24, 2.45) is 0 Å². The number of nitrogens with one attached hydrogen (secondary N) is 2. The lowest BCUT2D eigenvalue weighted by Gasteiger charge is -2.23. The number of amides is 2. The number of anilines is 1. The average Bonchev–Trinajstić information content (AvgIpc) is 2.44. The highest BCUT2D eigenvalue weighted by Crippen LogP contribution is 2.36. The fourth-order valence-corrected chi connectivity index (χ4v) is 3.18. The molecule has 1 aromatic carbocycles. The number of para-hydroxylation sites is 1. The maximum Gasteiger partial charge on any atom is 0.238 e. The zero-order valence-corrected chi connectivity index (χ0v) is 12.5. The molecular weight excluding hydrogens is 272 g/mol. The molecule has 0 spiro atoms. The van der Waals surface area contributed by atoms with E-state index in [4.69, 9.17) is 0 Å². The van der Waals surface area contributed by atoms with Gasteiger partial charge in [0.05, 0.1) is 10.9 Å². The van der Waals surface area contributed by atoms with Crippen LogP contribution in [0, 0.1) is 0 Å². The van der Waals surface area contributed by atoms with Gasteiger partial charge in [0, 0.05) is 17.9 Å².